The second-order valence-corrected chi connectivity index (χ2v) is 6.84. The number of hydrogen-bond donors (Lipinski definition) is 2. The Morgan fingerprint density at radius 3 is 2.32 bits per heavy atom. The summed E-state index contributed by atoms with van der Waals surface area (Å²) in [6, 6.07) is 13.1. The minimum Gasteiger partial charge on any atom is -0.507 e. The van der Waals surface area contributed by atoms with Crippen LogP contribution < -0.4 is 4.74 Å². The molecule has 2 rings (SSSR count). The first kappa shape index (κ1) is 21.8. The number of benzene rings is 2. The number of phenolic OH excluding ortho intramolecular Hbond substituents is 1. The molecule has 5 nitrogen and oxygen atoms in total. The van der Waals surface area contributed by atoms with Gasteiger partial charge in [0.05, 0.1) is 7.11 Å². The van der Waals surface area contributed by atoms with Crippen molar-refractivity contribution in [1.82, 2.24) is 0 Å². The van der Waals surface area contributed by atoms with E-state index in [0.29, 0.717) is 18.8 Å². The van der Waals surface area contributed by atoms with Crippen molar-refractivity contribution in [1.29, 1.82) is 0 Å². The Kier molecular flexibility index (Phi) is 9.35. The summed E-state index contributed by atoms with van der Waals surface area (Å²) in [4.78, 5) is 12.1. The number of carbonyl (C=O) groups is 1. The van der Waals surface area contributed by atoms with Crippen LogP contribution in [0.1, 0.15) is 60.0 Å². The third kappa shape index (κ3) is 6.89. The van der Waals surface area contributed by atoms with Gasteiger partial charge in [-0.15, -0.1) is 0 Å². The molecule has 0 saturated carbocycles. The van der Waals surface area contributed by atoms with E-state index in [-0.39, 0.29) is 17.9 Å². The number of aryl methyl sites for hydroxylation is 1. The SMILES string of the molecule is COC(=O)c1c(O)cc(OCc2ccccc2)cc1CCCCCCCCO. The standard InChI is InChI=1S/C23H30O5/c1-27-23(26)22-19(13-9-4-2-3-5-10-14-24)15-20(16-21(22)25)28-17-18-11-7-6-8-12-18/h6-8,11-12,15-16,24-25H,2-5,9-10,13-14,17H2,1H3. The largest absolute Gasteiger partial charge is 0.507 e. The number of methoxy groups -OCH3 is 1. The minimum absolute atomic E-state index is 0.115. The molecule has 0 fully saturated rings. The third-order valence-electron chi connectivity index (χ3n) is 4.66. The third-order valence-corrected chi connectivity index (χ3v) is 4.66. The second kappa shape index (κ2) is 12.0. The molecule has 0 amide bonds. The molecule has 0 heterocycles. The van der Waals surface area contributed by atoms with Crippen molar-refractivity contribution in [2.24, 2.45) is 0 Å². The molecular formula is C23H30O5. The van der Waals surface area contributed by atoms with Crippen LogP contribution >= 0.6 is 0 Å². The zero-order valence-electron chi connectivity index (χ0n) is 16.5. The molecule has 0 radical (unpaired) electrons. The molecule has 0 aromatic heterocycles. The van der Waals surface area contributed by atoms with Crippen molar-refractivity contribution in [3.63, 3.8) is 0 Å². The van der Waals surface area contributed by atoms with Gasteiger partial charge < -0.3 is 19.7 Å². The second-order valence-electron chi connectivity index (χ2n) is 6.84. The van der Waals surface area contributed by atoms with Gasteiger partial charge in [-0.3, -0.25) is 0 Å². The van der Waals surface area contributed by atoms with Crippen molar-refractivity contribution in [3.05, 3.63) is 59.2 Å². The Balaban J connectivity index is 2.02. The van der Waals surface area contributed by atoms with E-state index >= 15 is 0 Å². The fraction of sp³-hybridized carbons (Fsp3) is 0.435. The molecule has 28 heavy (non-hydrogen) atoms. The lowest BCUT2D eigenvalue weighted by molar-refractivity contribution is 0.0596. The molecule has 0 atom stereocenters. The Morgan fingerprint density at radius 1 is 0.964 bits per heavy atom. The summed E-state index contributed by atoms with van der Waals surface area (Å²) in [7, 11) is 1.31. The molecule has 0 aliphatic heterocycles. The Morgan fingerprint density at radius 2 is 1.64 bits per heavy atom. The predicted octanol–water partition coefficient (Wildman–Crippen LogP) is 4.63. The minimum atomic E-state index is -0.537. The smallest absolute Gasteiger partial charge is 0.341 e. The molecule has 2 N–H and O–H groups in total. The van der Waals surface area contributed by atoms with Crippen LogP contribution in [-0.4, -0.2) is 29.9 Å². The quantitative estimate of drug-likeness (QED) is 0.411. The topological polar surface area (TPSA) is 76.0 Å². The predicted molar refractivity (Wildman–Crippen MR) is 109 cm³/mol. The highest BCUT2D eigenvalue weighted by molar-refractivity contribution is 5.94. The van der Waals surface area contributed by atoms with E-state index in [1.807, 2.05) is 36.4 Å². The summed E-state index contributed by atoms with van der Waals surface area (Å²) in [5.74, 6) is -0.118. The lowest BCUT2D eigenvalue weighted by Crippen LogP contribution is -2.07. The van der Waals surface area contributed by atoms with Gasteiger partial charge in [0.1, 0.15) is 23.7 Å². The maximum absolute atomic E-state index is 12.1. The van der Waals surface area contributed by atoms with Crippen molar-refractivity contribution >= 4 is 5.97 Å². The van der Waals surface area contributed by atoms with Gasteiger partial charge in [0.2, 0.25) is 0 Å². The van der Waals surface area contributed by atoms with E-state index < -0.39 is 5.97 Å². The van der Waals surface area contributed by atoms with Gasteiger partial charge in [0.25, 0.3) is 0 Å². The zero-order valence-corrected chi connectivity index (χ0v) is 16.5. The summed E-state index contributed by atoms with van der Waals surface area (Å²) in [5.41, 5.74) is 1.99. The lowest BCUT2D eigenvalue weighted by Gasteiger charge is -2.14. The highest BCUT2D eigenvalue weighted by Gasteiger charge is 2.19. The van der Waals surface area contributed by atoms with Gasteiger partial charge >= 0.3 is 5.97 Å². The van der Waals surface area contributed by atoms with E-state index in [1.165, 1.54) is 13.2 Å². The zero-order chi connectivity index (χ0) is 20.2. The van der Waals surface area contributed by atoms with Crippen molar-refractivity contribution in [2.75, 3.05) is 13.7 Å². The van der Waals surface area contributed by atoms with E-state index in [4.69, 9.17) is 14.6 Å². The molecule has 0 unspecified atom stereocenters. The maximum Gasteiger partial charge on any atom is 0.341 e. The first-order valence-corrected chi connectivity index (χ1v) is 9.87. The molecule has 0 aliphatic rings. The number of unbranched alkanes of at least 4 members (excludes halogenated alkanes) is 5. The summed E-state index contributed by atoms with van der Waals surface area (Å²) in [5, 5.41) is 19.2. The lowest BCUT2D eigenvalue weighted by atomic mass is 9.99. The molecule has 0 spiro atoms. The van der Waals surface area contributed by atoms with E-state index in [0.717, 1.165) is 49.7 Å². The Bertz CT molecular complexity index is 727. The van der Waals surface area contributed by atoms with Gasteiger partial charge in [-0.2, -0.15) is 0 Å². The molecule has 0 bridgehead atoms. The van der Waals surface area contributed by atoms with Crippen LogP contribution in [0.3, 0.4) is 0 Å². The summed E-state index contributed by atoms with van der Waals surface area (Å²) >= 11 is 0. The molecule has 152 valence electrons. The number of carbonyl (C=O) groups excluding carboxylic acids is 1. The van der Waals surface area contributed by atoms with Crippen LogP contribution in [0.2, 0.25) is 0 Å². The van der Waals surface area contributed by atoms with E-state index in [2.05, 4.69) is 0 Å². The number of aliphatic hydroxyl groups excluding tert-OH is 1. The summed E-state index contributed by atoms with van der Waals surface area (Å²) < 4.78 is 10.7. The number of ether oxygens (including phenoxy) is 2. The van der Waals surface area contributed by atoms with Gasteiger partial charge in [-0.25, -0.2) is 4.79 Å². The number of aromatic hydroxyl groups is 1. The molecule has 5 heteroatoms. The molecule has 2 aromatic rings. The van der Waals surface area contributed by atoms with Gasteiger partial charge in [-0.05, 0) is 36.5 Å². The van der Waals surface area contributed by atoms with Crippen LogP contribution in [0.4, 0.5) is 0 Å². The summed E-state index contributed by atoms with van der Waals surface area (Å²) in [6.45, 7) is 0.639. The number of hydrogen-bond acceptors (Lipinski definition) is 5. The van der Waals surface area contributed by atoms with E-state index in [9.17, 15) is 9.90 Å². The molecule has 0 saturated heterocycles. The fourth-order valence-corrected chi connectivity index (χ4v) is 3.15. The monoisotopic (exact) mass is 386 g/mol. The normalized spacial score (nSPS) is 10.6. The Labute approximate surface area is 166 Å². The average Bonchev–Trinajstić information content (AvgIpc) is 2.71. The maximum atomic E-state index is 12.1. The first-order chi connectivity index (χ1) is 13.7. The summed E-state index contributed by atoms with van der Waals surface area (Å²) in [6.07, 6.45) is 6.67. The number of aliphatic hydroxyl groups is 1. The Hall–Kier alpha value is -2.53. The average molecular weight is 386 g/mol. The van der Waals surface area contributed by atoms with Crippen LogP contribution in [0.15, 0.2) is 42.5 Å². The first-order valence-electron chi connectivity index (χ1n) is 9.87. The highest BCUT2D eigenvalue weighted by Crippen LogP contribution is 2.30. The van der Waals surface area contributed by atoms with Gasteiger partial charge in [0.15, 0.2) is 0 Å². The van der Waals surface area contributed by atoms with Crippen LogP contribution in [0.5, 0.6) is 11.5 Å². The number of phenols is 1. The highest BCUT2D eigenvalue weighted by atomic mass is 16.5. The van der Waals surface area contributed by atoms with E-state index in [1.54, 1.807) is 0 Å². The van der Waals surface area contributed by atoms with Crippen LogP contribution in [0.25, 0.3) is 0 Å². The molecular weight excluding hydrogens is 356 g/mol. The number of esters is 1. The van der Waals surface area contributed by atoms with Gasteiger partial charge in [0, 0.05) is 12.7 Å². The van der Waals surface area contributed by atoms with Crippen molar-refractivity contribution in [2.45, 2.75) is 51.6 Å². The number of rotatable bonds is 12. The fourth-order valence-electron chi connectivity index (χ4n) is 3.15. The van der Waals surface area contributed by atoms with Gasteiger partial charge in [-0.1, -0.05) is 56.0 Å². The van der Waals surface area contributed by atoms with Crippen molar-refractivity contribution in [3.8, 4) is 11.5 Å². The van der Waals surface area contributed by atoms with Crippen molar-refractivity contribution < 1.29 is 24.5 Å². The van der Waals surface area contributed by atoms with Crippen LogP contribution in [-0.2, 0) is 17.8 Å². The molecule has 2 aromatic carbocycles. The van der Waals surface area contributed by atoms with Crippen LogP contribution in [0, 0.1) is 0 Å². The molecule has 0 aliphatic carbocycles.